The molecule has 6 nitrogen and oxygen atoms in total. The third-order valence-electron chi connectivity index (χ3n) is 3.88. The fourth-order valence-electron chi connectivity index (χ4n) is 2.58. The fourth-order valence-corrected chi connectivity index (χ4v) is 2.71. The van der Waals surface area contributed by atoms with Crippen molar-refractivity contribution < 1.29 is 9.13 Å². The molecule has 3 rings (SSSR count). The van der Waals surface area contributed by atoms with Crippen LogP contribution in [0.2, 0.25) is 5.02 Å². The van der Waals surface area contributed by atoms with Crippen molar-refractivity contribution in [3.63, 3.8) is 0 Å². The number of hydrogen-bond donors (Lipinski definition) is 2. The molecule has 0 unspecified atom stereocenters. The van der Waals surface area contributed by atoms with E-state index in [1.54, 1.807) is 30.3 Å². The van der Waals surface area contributed by atoms with E-state index in [0.29, 0.717) is 10.7 Å². The Labute approximate surface area is 191 Å². The Kier molecular flexibility index (Phi) is 9.42. The maximum absolute atomic E-state index is 14.3. The molecular formula is C20H22Cl3FN4O2. The van der Waals surface area contributed by atoms with Crippen molar-refractivity contribution >= 4 is 53.7 Å². The average molecular weight is 476 g/mol. The summed E-state index contributed by atoms with van der Waals surface area (Å²) in [7, 11) is 0. The number of rotatable bonds is 6. The van der Waals surface area contributed by atoms with Crippen LogP contribution in [-0.2, 0) is 6.54 Å². The van der Waals surface area contributed by atoms with E-state index in [1.165, 1.54) is 22.9 Å². The lowest BCUT2D eigenvalue weighted by Crippen LogP contribution is -2.26. The highest BCUT2D eigenvalue weighted by atomic mass is 35.5. The number of ether oxygens (including phenoxy) is 1. The first-order valence-electron chi connectivity index (χ1n) is 8.66. The number of aromatic nitrogens is 2. The van der Waals surface area contributed by atoms with Crippen LogP contribution in [0, 0.1) is 5.82 Å². The Morgan fingerprint density at radius 3 is 2.47 bits per heavy atom. The minimum absolute atomic E-state index is 0. The van der Waals surface area contributed by atoms with Gasteiger partial charge < -0.3 is 15.8 Å². The van der Waals surface area contributed by atoms with E-state index in [4.69, 9.17) is 22.1 Å². The zero-order valence-corrected chi connectivity index (χ0v) is 18.7. The van der Waals surface area contributed by atoms with Gasteiger partial charge >= 0.3 is 0 Å². The van der Waals surface area contributed by atoms with E-state index in [2.05, 4.69) is 10.3 Å². The van der Waals surface area contributed by atoms with Gasteiger partial charge in [0.2, 0.25) is 5.95 Å². The Hall–Kier alpha value is -2.48. The SMILES string of the molecule is CC(C)Oc1ccc(Nc2ncc(N)c(=O)n2Cc2ccc(Cl)cc2)cc1F.Cl.Cl. The molecule has 10 heteroatoms. The molecule has 0 aliphatic carbocycles. The lowest BCUT2D eigenvalue weighted by molar-refractivity contribution is 0.231. The highest BCUT2D eigenvalue weighted by Crippen LogP contribution is 2.24. The van der Waals surface area contributed by atoms with Gasteiger partial charge in [-0.05, 0) is 43.7 Å². The lowest BCUT2D eigenvalue weighted by atomic mass is 10.2. The topological polar surface area (TPSA) is 82.2 Å². The van der Waals surface area contributed by atoms with Crippen molar-refractivity contribution in [3.05, 3.63) is 75.4 Å². The van der Waals surface area contributed by atoms with Crippen LogP contribution in [0.4, 0.5) is 21.7 Å². The Morgan fingerprint density at radius 1 is 1.20 bits per heavy atom. The first-order valence-corrected chi connectivity index (χ1v) is 9.04. The van der Waals surface area contributed by atoms with Crippen LogP contribution in [0.25, 0.3) is 0 Å². The molecule has 0 saturated carbocycles. The summed E-state index contributed by atoms with van der Waals surface area (Å²) in [5.41, 5.74) is 6.62. The standard InChI is InChI=1S/C20H20ClFN4O2.2ClH/c1-12(2)28-18-8-7-15(9-16(18)22)25-20-24-10-17(23)19(27)26(20)11-13-3-5-14(21)6-4-13;;/h3-10,12H,11,23H2,1-2H3,(H,24,25);2*1H. The summed E-state index contributed by atoms with van der Waals surface area (Å²) in [6.45, 7) is 3.87. The predicted molar refractivity (Wildman–Crippen MR) is 123 cm³/mol. The summed E-state index contributed by atoms with van der Waals surface area (Å²) >= 11 is 5.91. The molecule has 0 amide bonds. The molecule has 0 aliphatic rings. The molecule has 1 heterocycles. The van der Waals surface area contributed by atoms with Gasteiger partial charge in [-0.25, -0.2) is 9.37 Å². The molecule has 1 aromatic heterocycles. The number of anilines is 3. The largest absolute Gasteiger partial charge is 0.488 e. The number of nitrogens with two attached hydrogens (primary N) is 1. The summed E-state index contributed by atoms with van der Waals surface area (Å²) in [5, 5.41) is 3.56. The van der Waals surface area contributed by atoms with E-state index in [-0.39, 0.29) is 54.8 Å². The number of nitrogens with zero attached hydrogens (tertiary/aromatic N) is 2. The van der Waals surface area contributed by atoms with Crippen LogP contribution in [0.3, 0.4) is 0 Å². The molecule has 0 spiro atoms. The second-order valence-corrected chi connectivity index (χ2v) is 6.93. The van der Waals surface area contributed by atoms with Crippen molar-refractivity contribution in [3.8, 4) is 5.75 Å². The third kappa shape index (κ3) is 6.26. The molecule has 0 aliphatic heterocycles. The van der Waals surface area contributed by atoms with Gasteiger partial charge in [0.15, 0.2) is 11.6 Å². The summed E-state index contributed by atoms with van der Waals surface area (Å²) in [4.78, 5) is 16.7. The molecule has 2 aromatic carbocycles. The van der Waals surface area contributed by atoms with Crippen LogP contribution in [0.1, 0.15) is 19.4 Å². The van der Waals surface area contributed by atoms with E-state index < -0.39 is 11.4 Å². The molecule has 3 aromatic rings. The number of nitrogens with one attached hydrogen (secondary N) is 1. The maximum atomic E-state index is 14.3. The van der Waals surface area contributed by atoms with E-state index >= 15 is 0 Å². The lowest BCUT2D eigenvalue weighted by Gasteiger charge is -2.15. The highest BCUT2D eigenvalue weighted by molar-refractivity contribution is 6.30. The van der Waals surface area contributed by atoms with Gasteiger partial charge in [0.1, 0.15) is 5.69 Å². The molecule has 0 atom stereocenters. The average Bonchev–Trinajstić information content (AvgIpc) is 2.65. The second kappa shape index (κ2) is 11.1. The summed E-state index contributed by atoms with van der Waals surface area (Å²) in [5.74, 6) is -0.115. The number of benzene rings is 2. The number of nitrogen functional groups attached to an aromatic ring is 1. The molecule has 0 fully saturated rings. The molecular weight excluding hydrogens is 454 g/mol. The van der Waals surface area contributed by atoms with Crippen molar-refractivity contribution in [1.29, 1.82) is 0 Å². The van der Waals surface area contributed by atoms with Crippen LogP contribution in [-0.4, -0.2) is 15.7 Å². The molecule has 0 saturated heterocycles. The molecule has 3 N–H and O–H groups in total. The van der Waals surface area contributed by atoms with Gasteiger partial charge in [-0.3, -0.25) is 9.36 Å². The van der Waals surface area contributed by atoms with Crippen LogP contribution in [0.5, 0.6) is 5.75 Å². The van der Waals surface area contributed by atoms with Gasteiger partial charge in [-0.15, -0.1) is 24.8 Å². The summed E-state index contributed by atoms with van der Waals surface area (Å²) in [6, 6.07) is 11.5. The Balaban J connectivity index is 0.00000225. The molecule has 30 heavy (non-hydrogen) atoms. The van der Waals surface area contributed by atoms with Crippen LogP contribution < -0.4 is 21.3 Å². The van der Waals surface area contributed by atoms with Crippen molar-refractivity contribution in [2.75, 3.05) is 11.1 Å². The Bertz CT molecular complexity index is 1040. The van der Waals surface area contributed by atoms with E-state index in [1.807, 2.05) is 13.8 Å². The van der Waals surface area contributed by atoms with Gasteiger partial charge in [0, 0.05) is 16.8 Å². The summed E-state index contributed by atoms with van der Waals surface area (Å²) < 4.78 is 21.0. The minimum atomic E-state index is -0.513. The van der Waals surface area contributed by atoms with E-state index in [9.17, 15) is 9.18 Å². The van der Waals surface area contributed by atoms with Gasteiger partial charge in [0.05, 0.1) is 18.8 Å². The smallest absolute Gasteiger partial charge is 0.278 e. The first-order chi connectivity index (χ1) is 13.3. The molecule has 0 bridgehead atoms. The quantitative estimate of drug-likeness (QED) is 0.522. The van der Waals surface area contributed by atoms with Gasteiger partial charge in [-0.2, -0.15) is 0 Å². The minimum Gasteiger partial charge on any atom is -0.488 e. The van der Waals surface area contributed by atoms with Gasteiger partial charge in [-0.1, -0.05) is 23.7 Å². The predicted octanol–water partition coefficient (Wildman–Crippen LogP) is 5.04. The van der Waals surface area contributed by atoms with Crippen LogP contribution in [0.15, 0.2) is 53.5 Å². The fraction of sp³-hybridized carbons (Fsp3) is 0.200. The highest BCUT2D eigenvalue weighted by Gasteiger charge is 2.12. The maximum Gasteiger partial charge on any atom is 0.278 e. The number of halogens is 4. The molecule has 162 valence electrons. The van der Waals surface area contributed by atoms with E-state index in [0.717, 1.165) is 5.56 Å². The van der Waals surface area contributed by atoms with Crippen molar-refractivity contribution in [2.24, 2.45) is 0 Å². The normalized spacial score (nSPS) is 10.2. The zero-order chi connectivity index (χ0) is 20.3. The first kappa shape index (κ1) is 25.6. The van der Waals surface area contributed by atoms with Crippen LogP contribution >= 0.6 is 36.4 Å². The Morgan fingerprint density at radius 2 is 1.87 bits per heavy atom. The van der Waals surface area contributed by atoms with Crippen molar-refractivity contribution in [2.45, 2.75) is 26.5 Å². The summed E-state index contributed by atoms with van der Waals surface area (Å²) in [6.07, 6.45) is 1.13. The third-order valence-corrected chi connectivity index (χ3v) is 4.13. The second-order valence-electron chi connectivity index (χ2n) is 6.49. The van der Waals surface area contributed by atoms with Gasteiger partial charge in [0.25, 0.3) is 5.56 Å². The zero-order valence-electron chi connectivity index (χ0n) is 16.3. The molecule has 0 radical (unpaired) electrons. The monoisotopic (exact) mass is 474 g/mol. The number of hydrogen-bond acceptors (Lipinski definition) is 5. The van der Waals surface area contributed by atoms with Crippen molar-refractivity contribution in [1.82, 2.24) is 9.55 Å².